The Kier molecular flexibility index (Phi) is 6.44. The summed E-state index contributed by atoms with van der Waals surface area (Å²) >= 11 is 0. The third kappa shape index (κ3) is 4.98. The van der Waals surface area contributed by atoms with E-state index in [2.05, 4.69) is 72.7 Å². The van der Waals surface area contributed by atoms with Crippen LogP contribution in [0.3, 0.4) is 0 Å². The summed E-state index contributed by atoms with van der Waals surface area (Å²) in [5, 5.41) is 0. The number of imidazole rings is 1. The van der Waals surface area contributed by atoms with Crippen LogP contribution >= 0.6 is 0 Å². The summed E-state index contributed by atoms with van der Waals surface area (Å²) in [5.74, 6) is 2.70. The first-order valence-electron chi connectivity index (χ1n) is 15.5. The van der Waals surface area contributed by atoms with E-state index >= 15 is 0 Å². The lowest BCUT2D eigenvalue weighted by Gasteiger charge is -2.37. The van der Waals surface area contributed by atoms with Gasteiger partial charge in [-0.3, -0.25) is 0 Å². The molecule has 4 aliphatic rings. The number of nitrogens with zero attached hydrogens (tertiary/aromatic N) is 3. The van der Waals surface area contributed by atoms with Crippen molar-refractivity contribution in [1.29, 1.82) is 0 Å². The Balaban J connectivity index is 1.24. The van der Waals surface area contributed by atoms with Gasteiger partial charge in [0.15, 0.2) is 0 Å². The number of benzene rings is 2. The Hall–Kier alpha value is -2.82. The minimum Gasteiger partial charge on any atom is -0.461 e. The predicted molar refractivity (Wildman–Crippen MR) is 157 cm³/mol. The maximum Gasteiger partial charge on any atom is 0.329 e. The van der Waals surface area contributed by atoms with Crippen molar-refractivity contribution < 1.29 is 9.53 Å². The van der Waals surface area contributed by atoms with Crippen molar-refractivity contribution in [1.82, 2.24) is 9.55 Å². The molecule has 4 aliphatic carbocycles. The highest BCUT2D eigenvalue weighted by atomic mass is 16.5. The minimum absolute atomic E-state index is 0.0100. The molecular weight excluding hydrogens is 482 g/mol. The van der Waals surface area contributed by atoms with Crippen LogP contribution in [0, 0.1) is 23.7 Å². The lowest BCUT2D eigenvalue weighted by molar-refractivity contribution is -0.160. The van der Waals surface area contributed by atoms with Gasteiger partial charge in [0.25, 0.3) is 0 Å². The van der Waals surface area contributed by atoms with Crippen molar-refractivity contribution in [2.75, 3.05) is 4.90 Å². The molecule has 4 fully saturated rings. The zero-order valence-electron chi connectivity index (χ0n) is 23.8. The monoisotopic (exact) mass is 525 g/mol. The van der Waals surface area contributed by atoms with Gasteiger partial charge in [0.2, 0.25) is 0 Å². The molecule has 0 amide bonds. The maximum atomic E-state index is 14.1. The third-order valence-electron chi connectivity index (χ3n) is 9.72. The van der Waals surface area contributed by atoms with E-state index in [9.17, 15) is 4.79 Å². The molecule has 0 aliphatic heterocycles. The van der Waals surface area contributed by atoms with Crippen molar-refractivity contribution in [2.45, 2.75) is 103 Å². The highest BCUT2D eigenvalue weighted by molar-refractivity contribution is 5.85. The van der Waals surface area contributed by atoms with Crippen LogP contribution in [-0.2, 0) is 9.53 Å². The maximum absolute atomic E-state index is 14.1. The Morgan fingerprint density at radius 1 is 0.923 bits per heavy atom. The molecule has 4 saturated carbocycles. The molecule has 0 radical (unpaired) electrons. The number of aromatic nitrogens is 2. The van der Waals surface area contributed by atoms with Crippen LogP contribution in [0.1, 0.15) is 84.6 Å². The highest BCUT2D eigenvalue weighted by Crippen LogP contribution is 2.46. The van der Waals surface area contributed by atoms with Crippen LogP contribution in [0.15, 0.2) is 48.5 Å². The largest absolute Gasteiger partial charge is 0.461 e. The first kappa shape index (κ1) is 25.2. The number of para-hydroxylation sites is 2. The van der Waals surface area contributed by atoms with Crippen molar-refractivity contribution in [3.05, 3.63) is 48.5 Å². The standard InChI is InChI=1S/C34H43N3O2/c1-21(2)28-19-8-22(3)20-31(28)39-34(38)32(23-9-10-23)37-30-7-5-4-6-29(30)35-33(37)24-11-13-25(14-12-24)36(26-15-16-26)27-17-18-27/h4-7,11-14,21-23,26-28,31-32H,8-10,15-20H2,1-3H3/t22-,28+,31?,32-/m1/s1. The Bertz CT molecular complexity index is 1320. The molecule has 1 unspecified atom stereocenters. The van der Waals surface area contributed by atoms with Crippen LogP contribution in [0.2, 0.25) is 0 Å². The summed E-state index contributed by atoms with van der Waals surface area (Å²) in [7, 11) is 0. The fourth-order valence-corrected chi connectivity index (χ4v) is 7.13. The van der Waals surface area contributed by atoms with Crippen LogP contribution in [0.25, 0.3) is 22.4 Å². The number of esters is 1. The minimum atomic E-state index is -0.327. The number of carbonyl (C=O) groups excluding carboxylic acids is 1. The van der Waals surface area contributed by atoms with Gasteiger partial charge in [0.1, 0.15) is 18.0 Å². The molecule has 1 heterocycles. The van der Waals surface area contributed by atoms with Crippen molar-refractivity contribution >= 4 is 22.7 Å². The average Bonchev–Trinajstić information content (AvgIpc) is 3.77. The summed E-state index contributed by atoms with van der Waals surface area (Å²) in [5.41, 5.74) is 4.38. The first-order valence-corrected chi connectivity index (χ1v) is 15.5. The molecule has 7 rings (SSSR count). The van der Waals surface area contributed by atoms with E-state index in [0.717, 1.165) is 60.2 Å². The van der Waals surface area contributed by atoms with Crippen molar-refractivity contribution in [3.8, 4) is 11.4 Å². The molecule has 0 spiro atoms. The third-order valence-corrected chi connectivity index (χ3v) is 9.72. The quantitative estimate of drug-likeness (QED) is 0.268. The smallest absolute Gasteiger partial charge is 0.329 e. The molecule has 1 aromatic heterocycles. The van der Waals surface area contributed by atoms with E-state index in [0.29, 0.717) is 23.7 Å². The number of carbonyl (C=O) groups is 1. The Morgan fingerprint density at radius 2 is 1.62 bits per heavy atom. The molecule has 4 atom stereocenters. The molecule has 0 bridgehead atoms. The zero-order valence-corrected chi connectivity index (χ0v) is 23.8. The van der Waals surface area contributed by atoms with E-state index in [1.807, 2.05) is 6.07 Å². The van der Waals surface area contributed by atoms with Gasteiger partial charge >= 0.3 is 5.97 Å². The van der Waals surface area contributed by atoms with E-state index < -0.39 is 0 Å². The predicted octanol–water partition coefficient (Wildman–Crippen LogP) is 7.79. The fourth-order valence-electron chi connectivity index (χ4n) is 7.13. The van der Waals surface area contributed by atoms with Gasteiger partial charge in [-0.1, -0.05) is 39.3 Å². The Morgan fingerprint density at radius 3 is 2.26 bits per heavy atom. The number of hydrogen-bond donors (Lipinski definition) is 0. The number of ether oxygens (including phenoxy) is 1. The van der Waals surface area contributed by atoms with Crippen LogP contribution in [0.4, 0.5) is 5.69 Å². The fraction of sp³-hybridized carbons (Fsp3) is 0.588. The normalized spacial score (nSPS) is 26.1. The second-order valence-corrected chi connectivity index (χ2v) is 13.3. The zero-order chi connectivity index (χ0) is 26.7. The van der Waals surface area contributed by atoms with Gasteiger partial charge in [0.05, 0.1) is 11.0 Å². The van der Waals surface area contributed by atoms with Gasteiger partial charge in [-0.15, -0.1) is 0 Å². The topological polar surface area (TPSA) is 47.4 Å². The van der Waals surface area contributed by atoms with Gasteiger partial charge in [0, 0.05) is 23.3 Å². The second kappa shape index (κ2) is 9.98. The van der Waals surface area contributed by atoms with Crippen molar-refractivity contribution in [3.63, 3.8) is 0 Å². The molecule has 0 saturated heterocycles. The number of hydrogen-bond acceptors (Lipinski definition) is 4. The van der Waals surface area contributed by atoms with E-state index in [1.165, 1.54) is 37.8 Å². The summed E-state index contributed by atoms with van der Waals surface area (Å²) in [6.45, 7) is 6.85. The molecule has 206 valence electrons. The summed E-state index contributed by atoms with van der Waals surface area (Å²) in [6, 6.07) is 18.4. The van der Waals surface area contributed by atoms with E-state index in [-0.39, 0.29) is 18.1 Å². The molecule has 2 aromatic carbocycles. The second-order valence-electron chi connectivity index (χ2n) is 13.3. The van der Waals surface area contributed by atoms with E-state index in [4.69, 9.17) is 9.72 Å². The lowest BCUT2D eigenvalue weighted by atomic mass is 9.75. The molecule has 5 heteroatoms. The summed E-state index contributed by atoms with van der Waals surface area (Å²) in [4.78, 5) is 21.9. The molecule has 39 heavy (non-hydrogen) atoms. The van der Waals surface area contributed by atoms with Crippen LogP contribution in [0.5, 0.6) is 0 Å². The van der Waals surface area contributed by atoms with Crippen LogP contribution in [-0.4, -0.2) is 33.7 Å². The number of rotatable bonds is 9. The summed E-state index contributed by atoms with van der Waals surface area (Å²) < 4.78 is 8.71. The van der Waals surface area contributed by atoms with Gasteiger partial charge < -0.3 is 14.2 Å². The van der Waals surface area contributed by atoms with Crippen LogP contribution < -0.4 is 4.90 Å². The SMILES string of the molecule is CC(C)[C@@H]1CC[C@@H](C)CC1OC(=O)[C@@H](C1CC1)n1c(-c2ccc(N(C3CC3)C3CC3)cc2)nc2ccccc21. The average molecular weight is 526 g/mol. The molecular formula is C34H43N3O2. The number of fused-ring (bicyclic) bond motifs is 1. The highest BCUT2D eigenvalue weighted by Gasteiger charge is 2.43. The summed E-state index contributed by atoms with van der Waals surface area (Å²) in [6.07, 6.45) is 10.8. The molecule has 5 nitrogen and oxygen atoms in total. The number of anilines is 1. The Labute approximate surface area is 232 Å². The molecule has 3 aromatic rings. The molecule has 0 N–H and O–H groups in total. The van der Waals surface area contributed by atoms with Gasteiger partial charge in [-0.25, -0.2) is 9.78 Å². The lowest BCUT2D eigenvalue weighted by Crippen LogP contribution is -2.38. The van der Waals surface area contributed by atoms with E-state index in [1.54, 1.807) is 0 Å². The van der Waals surface area contributed by atoms with Gasteiger partial charge in [-0.2, -0.15) is 0 Å². The first-order chi connectivity index (χ1) is 19.0. The van der Waals surface area contributed by atoms with Gasteiger partial charge in [-0.05, 0) is 111 Å². The van der Waals surface area contributed by atoms with Crippen molar-refractivity contribution in [2.24, 2.45) is 23.7 Å².